The number of carbonyl (C=O) groups excluding carboxylic acids is 1. The first-order valence-corrected chi connectivity index (χ1v) is 6.99. The van der Waals surface area contributed by atoms with E-state index in [2.05, 4.69) is 24.3 Å². The Labute approximate surface area is 108 Å². The van der Waals surface area contributed by atoms with Crippen LogP contribution in [0.4, 0.5) is 0 Å². The van der Waals surface area contributed by atoms with Crippen molar-refractivity contribution in [1.29, 1.82) is 0 Å². The molecular formula is C16H20O2. The summed E-state index contributed by atoms with van der Waals surface area (Å²) in [5, 5.41) is 0. The number of carbonyl (C=O) groups is 1. The minimum absolute atomic E-state index is 0.160. The molecule has 2 unspecified atom stereocenters. The normalized spacial score (nSPS) is 29.5. The molecule has 2 aliphatic carbocycles. The molecule has 0 spiro atoms. The molecule has 0 amide bonds. The topological polar surface area (TPSA) is 26.3 Å². The van der Waals surface area contributed by atoms with Gasteiger partial charge in [0.2, 0.25) is 0 Å². The number of rotatable bonds is 2. The molecular weight excluding hydrogens is 224 g/mol. The van der Waals surface area contributed by atoms with Crippen LogP contribution in [0.15, 0.2) is 24.3 Å². The number of esters is 1. The molecule has 2 aliphatic rings. The Balaban J connectivity index is 1.89. The highest BCUT2D eigenvalue weighted by Gasteiger charge is 2.41. The fourth-order valence-corrected chi connectivity index (χ4v) is 3.86. The second kappa shape index (κ2) is 4.75. The zero-order valence-electron chi connectivity index (χ0n) is 10.9. The van der Waals surface area contributed by atoms with Gasteiger partial charge in [-0.25, -0.2) is 0 Å². The fourth-order valence-electron chi connectivity index (χ4n) is 3.86. The van der Waals surface area contributed by atoms with Gasteiger partial charge in [-0.3, -0.25) is 4.79 Å². The standard InChI is InChI=1S/C16H20O2/c1-11(17)18-10-16-14-8-4-2-6-12(14)13-7-3-5-9-15(13)16/h2,4,6,8,13,15-16H,3,5,7,9-10H2,1H3/t13?,15-,16?/m1/s1. The van der Waals surface area contributed by atoms with Crippen LogP contribution in [0.5, 0.6) is 0 Å². The summed E-state index contributed by atoms with van der Waals surface area (Å²) in [6.45, 7) is 2.06. The van der Waals surface area contributed by atoms with E-state index in [0.717, 1.165) is 0 Å². The van der Waals surface area contributed by atoms with Crippen molar-refractivity contribution < 1.29 is 9.53 Å². The van der Waals surface area contributed by atoms with Crippen LogP contribution in [-0.2, 0) is 9.53 Å². The Kier molecular flexibility index (Phi) is 3.11. The van der Waals surface area contributed by atoms with Crippen LogP contribution in [0, 0.1) is 5.92 Å². The second-order valence-electron chi connectivity index (χ2n) is 5.59. The molecule has 0 aliphatic heterocycles. The third-order valence-corrected chi connectivity index (χ3v) is 4.60. The molecule has 0 radical (unpaired) electrons. The number of benzene rings is 1. The smallest absolute Gasteiger partial charge is 0.302 e. The van der Waals surface area contributed by atoms with E-state index in [1.165, 1.54) is 43.7 Å². The second-order valence-corrected chi connectivity index (χ2v) is 5.59. The minimum Gasteiger partial charge on any atom is -0.465 e. The number of fused-ring (bicyclic) bond motifs is 3. The van der Waals surface area contributed by atoms with E-state index in [0.29, 0.717) is 24.4 Å². The van der Waals surface area contributed by atoms with Gasteiger partial charge in [0, 0.05) is 12.8 Å². The lowest BCUT2D eigenvalue weighted by Crippen LogP contribution is -2.21. The third-order valence-electron chi connectivity index (χ3n) is 4.60. The molecule has 1 aromatic rings. The van der Waals surface area contributed by atoms with Crippen molar-refractivity contribution in [2.75, 3.05) is 6.61 Å². The van der Waals surface area contributed by atoms with E-state index in [9.17, 15) is 4.79 Å². The summed E-state index contributed by atoms with van der Waals surface area (Å²) in [6.07, 6.45) is 5.26. The van der Waals surface area contributed by atoms with Gasteiger partial charge in [-0.15, -0.1) is 0 Å². The molecule has 1 saturated carbocycles. The molecule has 0 heterocycles. The van der Waals surface area contributed by atoms with Crippen LogP contribution in [-0.4, -0.2) is 12.6 Å². The Bertz CT molecular complexity index is 452. The lowest BCUT2D eigenvalue weighted by molar-refractivity contribution is -0.141. The first-order chi connectivity index (χ1) is 8.77. The molecule has 0 bridgehead atoms. The summed E-state index contributed by atoms with van der Waals surface area (Å²) in [7, 11) is 0. The third kappa shape index (κ3) is 1.94. The maximum Gasteiger partial charge on any atom is 0.302 e. The average Bonchev–Trinajstić information content (AvgIpc) is 2.71. The summed E-state index contributed by atoms with van der Waals surface area (Å²) in [5.41, 5.74) is 2.94. The lowest BCUT2D eigenvalue weighted by Gasteiger charge is -2.29. The highest BCUT2D eigenvalue weighted by molar-refractivity contribution is 5.66. The van der Waals surface area contributed by atoms with Gasteiger partial charge >= 0.3 is 5.97 Å². The van der Waals surface area contributed by atoms with Crippen LogP contribution in [0.1, 0.15) is 55.6 Å². The Morgan fingerprint density at radius 2 is 1.94 bits per heavy atom. The zero-order chi connectivity index (χ0) is 12.5. The van der Waals surface area contributed by atoms with Crippen molar-refractivity contribution >= 4 is 5.97 Å². The summed E-state index contributed by atoms with van der Waals surface area (Å²) in [5.74, 6) is 1.66. The van der Waals surface area contributed by atoms with Crippen molar-refractivity contribution in [1.82, 2.24) is 0 Å². The van der Waals surface area contributed by atoms with Crippen molar-refractivity contribution in [2.45, 2.75) is 44.4 Å². The summed E-state index contributed by atoms with van der Waals surface area (Å²) in [4.78, 5) is 11.1. The Morgan fingerprint density at radius 3 is 2.72 bits per heavy atom. The Hall–Kier alpha value is -1.31. The van der Waals surface area contributed by atoms with Crippen molar-refractivity contribution in [3.05, 3.63) is 35.4 Å². The molecule has 3 atom stereocenters. The number of hydrogen-bond donors (Lipinski definition) is 0. The van der Waals surface area contributed by atoms with Gasteiger partial charge in [0.1, 0.15) is 0 Å². The summed E-state index contributed by atoms with van der Waals surface area (Å²) in [6, 6.07) is 8.74. The highest BCUT2D eigenvalue weighted by atomic mass is 16.5. The van der Waals surface area contributed by atoms with E-state index in [-0.39, 0.29) is 5.97 Å². The zero-order valence-corrected chi connectivity index (χ0v) is 10.9. The molecule has 3 rings (SSSR count). The van der Waals surface area contributed by atoms with Gasteiger partial charge in [-0.1, -0.05) is 37.1 Å². The molecule has 0 N–H and O–H groups in total. The van der Waals surface area contributed by atoms with Crippen LogP contribution < -0.4 is 0 Å². The molecule has 1 aromatic carbocycles. The van der Waals surface area contributed by atoms with E-state index in [4.69, 9.17) is 4.74 Å². The van der Waals surface area contributed by atoms with Crippen LogP contribution in [0.3, 0.4) is 0 Å². The fraction of sp³-hybridized carbons (Fsp3) is 0.562. The summed E-state index contributed by atoms with van der Waals surface area (Å²) < 4.78 is 5.29. The molecule has 0 saturated heterocycles. The monoisotopic (exact) mass is 244 g/mol. The van der Waals surface area contributed by atoms with Gasteiger partial charge in [0.25, 0.3) is 0 Å². The maximum atomic E-state index is 11.1. The van der Waals surface area contributed by atoms with E-state index < -0.39 is 0 Å². The molecule has 2 heteroatoms. The Morgan fingerprint density at radius 1 is 1.22 bits per heavy atom. The maximum absolute atomic E-state index is 11.1. The lowest BCUT2D eigenvalue weighted by atomic mass is 9.76. The number of ether oxygens (including phenoxy) is 1. The number of hydrogen-bond acceptors (Lipinski definition) is 2. The van der Waals surface area contributed by atoms with Gasteiger partial charge < -0.3 is 4.74 Å². The van der Waals surface area contributed by atoms with E-state index >= 15 is 0 Å². The SMILES string of the molecule is CC(=O)OCC1c2ccccc2C2CCCC[C@H]21. The van der Waals surface area contributed by atoms with E-state index in [1.54, 1.807) is 0 Å². The summed E-state index contributed by atoms with van der Waals surface area (Å²) >= 11 is 0. The largest absolute Gasteiger partial charge is 0.465 e. The van der Waals surface area contributed by atoms with Crippen LogP contribution in [0.25, 0.3) is 0 Å². The molecule has 1 fully saturated rings. The minimum atomic E-state index is -0.160. The van der Waals surface area contributed by atoms with Gasteiger partial charge in [-0.2, -0.15) is 0 Å². The first kappa shape index (κ1) is 11.8. The van der Waals surface area contributed by atoms with Crippen LogP contribution in [0.2, 0.25) is 0 Å². The molecule has 0 aromatic heterocycles. The molecule has 18 heavy (non-hydrogen) atoms. The van der Waals surface area contributed by atoms with Gasteiger partial charge in [-0.05, 0) is 35.8 Å². The molecule has 2 nitrogen and oxygen atoms in total. The first-order valence-electron chi connectivity index (χ1n) is 6.99. The predicted octanol–water partition coefficient (Wildman–Crippen LogP) is 3.62. The highest BCUT2D eigenvalue weighted by Crippen LogP contribution is 2.53. The van der Waals surface area contributed by atoms with Crippen molar-refractivity contribution in [2.24, 2.45) is 5.92 Å². The average molecular weight is 244 g/mol. The quantitative estimate of drug-likeness (QED) is 0.743. The van der Waals surface area contributed by atoms with Crippen LogP contribution >= 0.6 is 0 Å². The predicted molar refractivity (Wildman–Crippen MR) is 70.5 cm³/mol. The van der Waals surface area contributed by atoms with Crippen molar-refractivity contribution in [3.8, 4) is 0 Å². The molecule has 96 valence electrons. The van der Waals surface area contributed by atoms with Crippen molar-refractivity contribution in [3.63, 3.8) is 0 Å². The van der Waals surface area contributed by atoms with E-state index in [1.807, 2.05) is 0 Å². The van der Waals surface area contributed by atoms with Gasteiger partial charge in [0.05, 0.1) is 6.61 Å². The van der Waals surface area contributed by atoms with Gasteiger partial charge in [0.15, 0.2) is 0 Å².